The Morgan fingerprint density at radius 3 is 2.55 bits per heavy atom. The molecule has 4 heteroatoms. The lowest BCUT2D eigenvalue weighted by molar-refractivity contribution is 0.587. The Bertz CT molecular complexity index is 720. The molecule has 1 heterocycles. The summed E-state index contributed by atoms with van der Waals surface area (Å²) in [5.41, 5.74) is 2.20. The molecule has 1 aromatic heterocycles. The largest absolute Gasteiger partial charge is 0.238 e. The molecule has 0 amide bonds. The Morgan fingerprint density at radius 1 is 0.950 bits per heavy atom. The number of aromatic nitrogens is 2. The Labute approximate surface area is 115 Å². The summed E-state index contributed by atoms with van der Waals surface area (Å²) in [6.45, 7) is 0. The maximum atomic E-state index is 13.7. The third kappa shape index (κ3) is 2.59. The van der Waals surface area contributed by atoms with E-state index in [1.165, 1.54) is 4.68 Å². The standard InChI is InChI=1S/C16H12F2N2/c17-14-6-7-15(18)16(9-14)20-11-13(10-19-20)8-12-4-2-1-3-5-12/h1-7,9-11H,8H2. The summed E-state index contributed by atoms with van der Waals surface area (Å²) >= 11 is 0. The van der Waals surface area contributed by atoms with Gasteiger partial charge in [0.2, 0.25) is 0 Å². The molecule has 0 unspecified atom stereocenters. The molecule has 0 saturated carbocycles. The average Bonchev–Trinajstić information content (AvgIpc) is 2.91. The van der Waals surface area contributed by atoms with Crippen molar-refractivity contribution >= 4 is 0 Å². The molecular weight excluding hydrogens is 258 g/mol. The van der Waals surface area contributed by atoms with Crippen LogP contribution < -0.4 is 0 Å². The van der Waals surface area contributed by atoms with E-state index in [2.05, 4.69) is 5.10 Å². The maximum Gasteiger partial charge on any atom is 0.149 e. The van der Waals surface area contributed by atoms with Gasteiger partial charge in [-0.25, -0.2) is 13.5 Å². The molecular formula is C16H12F2N2. The van der Waals surface area contributed by atoms with Gasteiger partial charge in [-0.1, -0.05) is 30.3 Å². The SMILES string of the molecule is Fc1ccc(F)c(-n2cc(Cc3ccccc3)cn2)c1. The fourth-order valence-electron chi connectivity index (χ4n) is 2.08. The highest BCUT2D eigenvalue weighted by Crippen LogP contribution is 2.16. The lowest BCUT2D eigenvalue weighted by atomic mass is 10.1. The van der Waals surface area contributed by atoms with Crippen LogP contribution >= 0.6 is 0 Å². The molecule has 20 heavy (non-hydrogen) atoms. The first-order chi connectivity index (χ1) is 9.72. The van der Waals surface area contributed by atoms with E-state index in [4.69, 9.17) is 0 Å². The highest BCUT2D eigenvalue weighted by Gasteiger charge is 2.08. The van der Waals surface area contributed by atoms with Crippen molar-refractivity contribution in [2.45, 2.75) is 6.42 Å². The zero-order valence-corrected chi connectivity index (χ0v) is 10.6. The zero-order chi connectivity index (χ0) is 13.9. The highest BCUT2D eigenvalue weighted by atomic mass is 19.1. The predicted molar refractivity (Wildman–Crippen MR) is 72.7 cm³/mol. The van der Waals surface area contributed by atoms with Crippen LogP contribution in [-0.2, 0) is 6.42 Å². The molecule has 0 atom stereocenters. The third-order valence-corrected chi connectivity index (χ3v) is 3.04. The summed E-state index contributed by atoms with van der Waals surface area (Å²) in [6.07, 6.45) is 4.08. The lowest BCUT2D eigenvalue weighted by Crippen LogP contribution is -1.98. The molecule has 2 nitrogen and oxygen atoms in total. The smallest absolute Gasteiger partial charge is 0.149 e. The van der Waals surface area contributed by atoms with E-state index in [1.54, 1.807) is 12.4 Å². The van der Waals surface area contributed by atoms with Gasteiger partial charge in [0.1, 0.15) is 17.3 Å². The van der Waals surface area contributed by atoms with E-state index in [9.17, 15) is 8.78 Å². The zero-order valence-electron chi connectivity index (χ0n) is 10.6. The molecule has 0 N–H and O–H groups in total. The van der Waals surface area contributed by atoms with Gasteiger partial charge in [-0.05, 0) is 23.3 Å². The van der Waals surface area contributed by atoms with Crippen molar-refractivity contribution in [1.82, 2.24) is 9.78 Å². The molecule has 2 aromatic carbocycles. The molecule has 100 valence electrons. The Balaban J connectivity index is 1.88. The molecule has 0 spiro atoms. The molecule has 0 radical (unpaired) electrons. The fourth-order valence-corrected chi connectivity index (χ4v) is 2.08. The van der Waals surface area contributed by atoms with Crippen LogP contribution in [0.5, 0.6) is 0 Å². The number of halogens is 2. The van der Waals surface area contributed by atoms with Crippen LogP contribution in [0, 0.1) is 11.6 Å². The summed E-state index contributed by atoms with van der Waals surface area (Å²) in [5, 5.41) is 4.09. The van der Waals surface area contributed by atoms with Crippen LogP contribution in [0.3, 0.4) is 0 Å². The van der Waals surface area contributed by atoms with Gasteiger partial charge < -0.3 is 0 Å². The van der Waals surface area contributed by atoms with Gasteiger partial charge in [0, 0.05) is 18.7 Å². The molecule has 0 aliphatic heterocycles. The van der Waals surface area contributed by atoms with Gasteiger partial charge in [0.05, 0.1) is 6.20 Å². The van der Waals surface area contributed by atoms with Crippen molar-refractivity contribution < 1.29 is 8.78 Å². The van der Waals surface area contributed by atoms with E-state index >= 15 is 0 Å². The lowest BCUT2D eigenvalue weighted by Gasteiger charge is -2.02. The normalized spacial score (nSPS) is 10.7. The van der Waals surface area contributed by atoms with Crippen molar-refractivity contribution in [2.24, 2.45) is 0 Å². The molecule has 0 bridgehead atoms. The van der Waals surface area contributed by atoms with Crippen molar-refractivity contribution in [3.63, 3.8) is 0 Å². The Hall–Kier alpha value is -2.49. The van der Waals surface area contributed by atoms with Crippen molar-refractivity contribution in [3.8, 4) is 5.69 Å². The quantitative estimate of drug-likeness (QED) is 0.709. The second-order valence-corrected chi connectivity index (χ2v) is 4.55. The number of benzene rings is 2. The molecule has 0 saturated heterocycles. The van der Waals surface area contributed by atoms with E-state index in [-0.39, 0.29) is 5.69 Å². The number of nitrogens with zero attached hydrogens (tertiary/aromatic N) is 2. The number of hydrogen-bond donors (Lipinski definition) is 0. The minimum Gasteiger partial charge on any atom is -0.238 e. The molecule has 3 rings (SSSR count). The summed E-state index contributed by atoms with van der Waals surface area (Å²) in [5.74, 6) is -0.984. The minimum absolute atomic E-state index is 0.115. The van der Waals surface area contributed by atoms with Crippen molar-refractivity contribution in [2.75, 3.05) is 0 Å². The third-order valence-electron chi connectivity index (χ3n) is 3.04. The molecule has 0 fully saturated rings. The van der Waals surface area contributed by atoms with Gasteiger partial charge in [-0.15, -0.1) is 0 Å². The van der Waals surface area contributed by atoms with Crippen LogP contribution in [0.2, 0.25) is 0 Å². The van der Waals surface area contributed by atoms with Gasteiger partial charge in [0.15, 0.2) is 0 Å². The Kier molecular flexibility index (Phi) is 3.29. The van der Waals surface area contributed by atoms with Gasteiger partial charge >= 0.3 is 0 Å². The van der Waals surface area contributed by atoms with Gasteiger partial charge in [-0.3, -0.25) is 0 Å². The van der Waals surface area contributed by atoms with Crippen LogP contribution in [0.25, 0.3) is 5.69 Å². The van der Waals surface area contributed by atoms with Gasteiger partial charge in [0.25, 0.3) is 0 Å². The molecule has 3 aromatic rings. The first-order valence-corrected chi connectivity index (χ1v) is 6.25. The fraction of sp³-hybridized carbons (Fsp3) is 0.0625. The first-order valence-electron chi connectivity index (χ1n) is 6.25. The van der Waals surface area contributed by atoms with Gasteiger partial charge in [-0.2, -0.15) is 5.10 Å². The second kappa shape index (κ2) is 5.25. The summed E-state index contributed by atoms with van der Waals surface area (Å²) < 4.78 is 28.2. The number of rotatable bonds is 3. The van der Waals surface area contributed by atoms with E-state index in [0.29, 0.717) is 6.42 Å². The summed E-state index contributed by atoms with van der Waals surface area (Å²) in [7, 11) is 0. The van der Waals surface area contributed by atoms with Crippen molar-refractivity contribution in [3.05, 3.63) is 83.7 Å². The predicted octanol–water partition coefficient (Wildman–Crippen LogP) is 3.74. The summed E-state index contributed by atoms with van der Waals surface area (Å²) in [6, 6.07) is 13.2. The molecule has 0 aliphatic carbocycles. The number of hydrogen-bond acceptors (Lipinski definition) is 1. The topological polar surface area (TPSA) is 17.8 Å². The van der Waals surface area contributed by atoms with Crippen LogP contribution in [-0.4, -0.2) is 9.78 Å². The maximum absolute atomic E-state index is 13.7. The van der Waals surface area contributed by atoms with Crippen LogP contribution in [0.1, 0.15) is 11.1 Å². The van der Waals surface area contributed by atoms with E-state index in [1.807, 2.05) is 30.3 Å². The molecule has 0 aliphatic rings. The average molecular weight is 270 g/mol. The van der Waals surface area contributed by atoms with Crippen molar-refractivity contribution in [1.29, 1.82) is 0 Å². The monoisotopic (exact) mass is 270 g/mol. The summed E-state index contributed by atoms with van der Waals surface area (Å²) in [4.78, 5) is 0. The van der Waals surface area contributed by atoms with E-state index < -0.39 is 11.6 Å². The van der Waals surface area contributed by atoms with Crippen LogP contribution in [0.4, 0.5) is 8.78 Å². The minimum atomic E-state index is -0.499. The van der Waals surface area contributed by atoms with E-state index in [0.717, 1.165) is 29.3 Å². The second-order valence-electron chi connectivity index (χ2n) is 4.55. The first kappa shape index (κ1) is 12.5. The van der Waals surface area contributed by atoms with Crippen LogP contribution in [0.15, 0.2) is 60.9 Å². The Morgan fingerprint density at radius 2 is 1.75 bits per heavy atom. The highest BCUT2D eigenvalue weighted by molar-refractivity contribution is 5.34.